The first-order valence-electron chi connectivity index (χ1n) is 10.7. The molecule has 2 bridgehead atoms. The van der Waals surface area contributed by atoms with Gasteiger partial charge in [-0.15, -0.1) is 0 Å². The zero-order chi connectivity index (χ0) is 20.0. The first-order valence-corrected chi connectivity index (χ1v) is 10.7. The van der Waals surface area contributed by atoms with Crippen LogP contribution in [0.2, 0.25) is 0 Å². The van der Waals surface area contributed by atoms with Crippen LogP contribution in [0, 0.1) is 11.8 Å². The van der Waals surface area contributed by atoms with E-state index >= 15 is 0 Å². The lowest BCUT2D eigenvalue weighted by Gasteiger charge is -2.57. The molecule has 154 valence electrons. The van der Waals surface area contributed by atoms with Crippen LogP contribution in [-0.4, -0.2) is 56.6 Å². The third-order valence-electron chi connectivity index (χ3n) is 7.24. The van der Waals surface area contributed by atoms with E-state index in [1.807, 2.05) is 4.90 Å². The van der Waals surface area contributed by atoms with Crippen molar-refractivity contribution in [1.29, 1.82) is 0 Å². The van der Waals surface area contributed by atoms with Gasteiger partial charge < -0.3 is 4.90 Å². The summed E-state index contributed by atoms with van der Waals surface area (Å²) in [5.74, 6) is 0.812. The number of amides is 1. The SMILES string of the molecule is CCC[C@H]1[C@H]2C[C@H](CN(C(=O)c3cc(=O)n(C)c(=O)n3C)C2)[C@@H]2CCCCN21. The van der Waals surface area contributed by atoms with Crippen molar-refractivity contribution in [3.05, 3.63) is 32.6 Å². The van der Waals surface area contributed by atoms with Gasteiger partial charge in [0.25, 0.3) is 11.5 Å². The number of hydrogen-bond acceptors (Lipinski definition) is 4. The fourth-order valence-corrected chi connectivity index (χ4v) is 5.87. The Morgan fingerprint density at radius 3 is 2.61 bits per heavy atom. The number of likely N-dealkylation sites (tertiary alicyclic amines) is 1. The van der Waals surface area contributed by atoms with Gasteiger partial charge in [-0.2, -0.15) is 0 Å². The van der Waals surface area contributed by atoms with E-state index in [1.54, 1.807) is 7.05 Å². The molecular formula is C21H32N4O3. The van der Waals surface area contributed by atoms with Gasteiger partial charge in [-0.3, -0.25) is 23.6 Å². The third-order valence-corrected chi connectivity index (χ3v) is 7.24. The number of fused-ring (bicyclic) bond motifs is 4. The van der Waals surface area contributed by atoms with E-state index in [4.69, 9.17) is 0 Å². The normalized spacial score (nSPS) is 30.2. The molecule has 3 fully saturated rings. The van der Waals surface area contributed by atoms with Gasteiger partial charge >= 0.3 is 5.69 Å². The van der Waals surface area contributed by atoms with Crippen LogP contribution in [0.25, 0.3) is 0 Å². The molecule has 3 saturated heterocycles. The second-order valence-electron chi connectivity index (χ2n) is 8.89. The molecule has 1 aromatic heterocycles. The van der Waals surface area contributed by atoms with E-state index in [0.29, 0.717) is 23.9 Å². The Balaban J connectivity index is 1.63. The lowest BCUT2D eigenvalue weighted by Crippen LogP contribution is -2.64. The average molecular weight is 389 g/mol. The minimum Gasteiger partial charge on any atom is -0.337 e. The van der Waals surface area contributed by atoms with Crippen molar-refractivity contribution in [3.63, 3.8) is 0 Å². The van der Waals surface area contributed by atoms with Gasteiger partial charge in [-0.25, -0.2) is 4.79 Å². The smallest absolute Gasteiger partial charge is 0.331 e. The van der Waals surface area contributed by atoms with Gasteiger partial charge in [0.05, 0.1) is 0 Å². The molecule has 0 aliphatic carbocycles. The number of piperidine rings is 3. The summed E-state index contributed by atoms with van der Waals surface area (Å²) in [6.07, 6.45) is 7.33. The molecule has 7 nitrogen and oxygen atoms in total. The lowest BCUT2D eigenvalue weighted by molar-refractivity contribution is -0.0672. The van der Waals surface area contributed by atoms with Crippen LogP contribution in [0.3, 0.4) is 0 Å². The van der Waals surface area contributed by atoms with E-state index in [9.17, 15) is 14.4 Å². The number of nitrogens with zero attached hydrogens (tertiary/aromatic N) is 4. The zero-order valence-electron chi connectivity index (χ0n) is 17.3. The highest BCUT2D eigenvalue weighted by Gasteiger charge is 2.47. The van der Waals surface area contributed by atoms with Crippen molar-refractivity contribution >= 4 is 5.91 Å². The second kappa shape index (κ2) is 7.50. The molecule has 3 aliphatic heterocycles. The maximum Gasteiger partial charge on any atom is 0.331 e. The second-order valence-corrected chi connectivity index (χ2v) is 8.89. The monoisotopic (exact) mass is 388 g/mol. The predicted molar refractivity (Wildman–Crippen MR) is 107 cm³/mol. The van der Waals surface area contributed by atoms with Gasteiger partial charge in [-0.1, -0.05) is 19.8 Å². The van der Waals surface area contributed by atoms with Gasteiger partial charge in [0.15, 0.2) is 0 Å². The molecular weight excluding hydrogens is 356 g/mol. The Morgan fingerprint density at radius 1 is 1.11 bits per heavy atom. The van der Waals surface area contributed by atoms with Crippen LogP contribution in [-0.2, 0) is 14.1 Å². The van der Waals surface area contributed by atoms with Crippen molar-refractivity contribution in [1.82, 2.24) is 18.9 Å². The Morgan fingerprint density at radius 2 is 1.86 bits per heavy atom. The maximum atomic E-state index is 13.3. The summed E-state index contributed by atoms with van der Waals surface area (Å²) in [5.41, 5.74) is -0.665. The van der Waals surface area contributed by atoms with E-state index in [0.717, 1.165) is 24.1 Å². The van der Waals surface area contributed by atoms with E-state index in [1.165, 1.54) is 56.3 Å². The van der Waals surface area contributed by atoms with E-state index in [-0.39, 0.29) is 11.6 Å². The number of rotatable bonds is 3. The van der Waals surface area contributed by atoms with Crippen molar-refractivity contribution in [2.75, 3.05) is 19.6 Å². The molecule has 4 atom stereocenters. The molecule has 0 unspecified atom stereocenters. The summed E-state index contributed by atoms with van der Waals surface area (Å²) in [6.45, 7) is 4.90. The summed E-state index contributed by atoms with van der Waals surface area (Å²) >= 11 is 0. The highest BCUT2D eigenvalue weighted by atomic mass is 16.2. The van der Waals surface area contributed by atoms with Crippen LogP contribution < -0.4 is 11.2 Å². The highest BCUT2D eigenvalue weighted by molar-refractivity contribution is 5.92. The average Bonchev–Trinajstić information content (AvgIpc) is 2.71. The first-order chi connectivity index (χ1) is 13.4. The van der Waals surface area contributed by atoms with E-state index in [2.05, 4.69) is 11.8 Å². The molecule has 0 saturated carbocycles. The largest absolute Gasteiger partial charge is 0.337 e. The van der Waals surface area contributed by atoms with Gasteiger partial charge in [0, 0.05) is 45.3 Å². The molecule has 3 aliphatic rings. The molecule has 4 heterocycles. The Bertz CT molecular complexity index is 873. The Kier molecular flexibility index (Phi) is 5.21. The first kappa shape index (κ1) is 19.4. The molecule has 4 rings (SSSR count). The molecule has 1 amide bonds. The predicted octanol–water partition coefficient (Wildman–Crippen LogP) is 1.20. The van der Waals surface area contributed by atoms with Crippen molar-refractivity contribution in [3.8, 4) is 0 Å². The summed E-state index contributed by atoms with van der Waals surface area (Å²) in [4.78, 5) is 42.3. The van der Waals surface area contributed by atoms with Gasteiger partial charge in [0.2, 0.25) is 0 Å². The maximum absolute atomic E-state index is 13.3. The van der Waals surface area contributed by atoms with Crippen LogP contribution >= 0.6 is 0 Å². The molecule has 28 heavy (non-hydrogen) atoms. The summed E-state index contributed by atoms with van der Waals surface area (Å²) in [7, 11) is 3.01. The Hall–Kier alpha value is -1.89. The lowest BCUT2D eigenvalue weighted by atomic mass is 9.71. The molecule has 1 aromatic rings. The number of aromatic nitrogens is 2. The summed E-state index contributed by atoms with van der Waals surface area (Å²) in [5, 5.41) is 0. The minimum absolute atomic E-state index is 0.175. The fourth-order valence-electron chi connectivity index (χ4n) is 5.87. The van der Waals surface area contributed by atoms with Crippen LogP contribution in [0.4, 0.5) is 0 Å². The topological polar surface area (TPSA) is 67.5 Å². The van der Waals surface area contributed by atoms with Gasteiger partial charge in [-0.05, 0) is 44.1 Å². The minimum atomic E-state index is -0.449. The molecule has 0 aromatic carbocycles. The zero-order valence-corrected chi connectivity index (χ0v) is 17.3. The number of carbonyl (C=O) groups excluding carboxylic acids is 1. The standard InChI is InChI=1S/C21H32N4O3/c1-4-7-16-14-10-15(17-8-5-6-9-25(16)17)13-24(12-14)20(27)18-11-19(26)23(3)21(28)22(18)2/h11,14-17H,4-10,12-13H2,1-3H3/t14-,15+,16-,17-/m0/s1. The van der Waals surface area contributed by atoms with Gasteiger partial charge in [0.1, 0.15) is 5.69 Å². The van der Waals surface area contributed by atoms with E-state index < -0.39 is 11.2 Å². The van der Waals surface area contributed by atoms with Crippen LogP contribution in [0.1, 0.15) is 55.9 Å². The quantitative estimate of drug-likeness (QED) is 0.780. The Labute approximate surface area is 165 Å². The summed E-state index contributed by atoms with van der Waals surface area (Å²) < 4.78 is 2.35. The summed E-state index contributed by atoms with van der Waals surface area (Å²) in [6, 6.07) is 2.43. The highest BCUT2D eigenvalue weighted by Crippen LogP contribution is 2.42. The van der Waals surface area contributed by atoms with Crippen LogP contribution in [0.5, 0.6) is 0 Å². The van der Waals surface area contributed by atoms with Crippen molar-refractivity contribution < 1.29 is 4.79 Å². The van der Waals surface area contributed by atoms with Crippen molar-refractivity contribution in [2.24, 2.45) is 25.9 Å². The molecule has 0 N–H and O–H groups in total. The third kappa shape index (κ3) is 3.13. The fraction of sp³-hybridized carbons (Fsp3) is 0.762. The number of carbonyl (C=O) groups is 1. The van der Waals surface area contributed by atoms with Crippen LogP contribution in [0.15, 0.2) is 15.7 Å². The molecule has 0 radical (unpaired) electrons. The molecule has 7 heteroatoms. The molecule has 0 spiro atoms. The van der Waals surface area contributed by atoms with Crippen molar-refractivity contribution in [2.45, 2.75) is 57.5 Å². The number of hydrogen-bond donors (Lipinski definition) is 0.